The molecule has 39 heavy (non-hydrogen) atoms. The minimum Gasteiger partial charge on any atom is -0.493 e. The molecule has 0 bridgehead atoms. The van der Waals surface area contributed by atoms with Crippen LogP contribution in [-0.4, -0.2) is 63.9 Å². The first-order valence-corrected chi connectivity index (χ1v) is 15.3. The van der Waals surface area contributed by atoms with Gasteiger partial charge in [-0.3, -0.25) is 4.90 Å². The summed E-state index contributed by atoms with van der Waals surface area (Å²) in [6.45, 7) is 8.66. The van der Waals surface area contributed by atoms with Gasteiger partial charge in [-0.1, -0.05) is 42.3 Å². The van der Waals surface area contributed by atoms with E-state index in [1.54, 1.807) is 31.1 Å². The van der Waals surface area contributed by atoms with E-state index in [2.05, 4.69) is 59.2 Å². The number of benzene rings is 2. The van der Waals surface area contributed by atoms with Gasteiger partial charge in [0, 0.05) is 48.0 Å². The van der Waals surface area contributed by atoms with Gasteiger partial charge in [0.25, 0.3) is 0 Å². The Morgan fingerprint density at radius 3 is 1.97 bits per heavy atom. The minimum atomic E-state index is 0.674. The Hall–Kier alpha value is -2.54. The van der Waals surface area contributed by atoms with Crippen molar-refractivity contribution in [2.45, 2.75) is 58.4 Å². The first-order chi connectivity index (χ1) is 19.1. The second-order valence-electron chi connectivity index (χ2n) is 10.6. The molecule has 0 unspecified atom stereocenters. The molecule has 2 aromatic carbocycles. The minimum absolute atomic E-state index is 0.674. The fourth-order valence-electron chi connectivity index (χ4n) is 5.42. The Bertz CT molecular complexity index is 1140. The van der Waals surface area contributed by atoms with E-state index in [4.69, 9.17) is 14.2 Å². The van der Waals surface area contributed by atoms with E-state index in [1.807, 2.05) is 17.4 Å². The molecule has 0 radical (unpaired) electrons. The highest BCUT2D eigenvalue weighted by Gasteiger charge is 2.21. The summed E-state index contributed by atoms with van der Waals surface area (Å²) in [5.41, 5.74) is 3.94. The third-order valence-electron chi connectivity index (χ3n) is 7.77. The normalized spacial score (nSPS) is 14.5. The summed E-state index contributed by atoms with van der Waals surface area (Å²) in [7, 11) is 5.02. The summed E-state index contributed by atoms with van der Waals surface area (Å²) in [6.07, 6.45) is 8.72. The molecule has 1 aliphatic heterocycles. The second-order valence-corrected chi connectivity index (χ2v) is 11.9. The predicted molar refractivity (Wildman–Crippen MR) is 163 cm³/mol. The summed E-state index contributed by atoms with van der Waals surface area (Å²) in [5, 5.41) is 0. The number of nitrogens with zero attached hydrogens (tertiary/aromatic N) is 2. The van der Waals surface area contributed by atoms with E-state index in [-0.39, 0.29) is 0 Å². The van der Waals surface area contributed by atoms with Crippen molar-refractivity contribution < 1.29 is 14.2 Å². The fourth-order valence-corrected chi connectivity index (χ4v) is 6.53. The third kappa shape index (κ3) is 8.72. The number of aryl methyl sites for hydroxylation is 4. The summed E-state index contributed by atoms with van der Waals surface area (Å²) in [4.78, 5) is 8.23. The Balaban J connectivity index is 1.09. The lowest BCUT2D eigenvalue weighted by molar-refractivity contribution is 0.124. The molecule has 2 heterocycles. The van der Waals surface area contributed by atoms with Gasteiger partial charge in [-0.15, -0.1) is 11.3 Å². The number of hydrogen-bond acceptors (Lipinski definition) is 6. The smallest absolute Gasteiger partial charge is 0.203 e. The standard InChI is InChI=1S/C33H46N2O3S/c1-26-12-14-27(15-13-26)9-8-11-30-18-17-29(39-30)10-6-5-7-20-34-21-23-35(24-22-34)25-28-16-19-31(36-2)33(38-4)32(28)37-3/h12-19H,5-11,20-25H2,1-4H3. The molecule has 6 heteroatoms. The van der Waals surface area contributed by atoms with Crippen LogP contribution in [0.25, 0.3) is 0 Å². The van der Waals surface area contributed by atoms with Gasteiger partial charge >= 0.3 is 0 Å². The summed E-state index contributed by atoms with van der Waals surface area (Å²) >= 11 is 2.02. The third-order valence-corrected chi connectivity index (χ3v) is 8.97. The molecule has 4 rings (SSSR count). The first kappa shape index (κ1) is 29.4. The zero-order valence-electron chi connectivity index (χ0n) is 24.3. The van der Waals surface area contributed by atoms with Gasteiger partial charge in [-0.2, -0.15) is 0 Å². The maximum Gasteiger partial charge on any atom is 0.203 e. The van der Waals surface area contributed by atoms with Gasteiger partial charge < -0.3 is 19.1 Å². The largest absolute Gasteiger partial charge is 0.493 e. The molecule has 1 aliphatic rings. The quantitative estimate of drug-likeness (QED) is 0.195. The number of hydrogen-bond donors (Lipinski definition) is 0. The van der Waals surface area contributed by atoms with Crippen LogP contribution in [0, 0.1) is 6.92 Å². The molecule has 1 fully saturated rings. The molecule has 5 nitrogen and oxygen atoms in total. The average Bonchev–Trinajstić information content (AvgIpc) is 3.42. The average molecular weight is 551 g/mol. The predicted octanol–water partition coefficient (Wildman–Crippen LogP) is 6.79. The monoisotopic (exact) mass is 550 g/mol. The summed E-state index contributed by atoms with van der Waals surface area (Å²) in [5.74, 6) is 2.16. The molecule has 1 aromatic heterocycles. The van der Waals surface area contributed by atoms with Crippen LogP contribution in [0.4, 0.5) is 0 Å². The van der Waals surface area contributed by atoms with E-state index in [0.717, 1.165) is 44.0 Å². The molecular weight excluding hydrogens is 504 g/mol. The lowest BCUT2D eigenvalue weighted by Crippen LogP contribution is -2.46. The number of thiophene rings is 1. The van der Waals surface area contributed by atoms with Crippen molar-refractivity contribution in [1.29, 1.82) is 0 Å². The number of ether oxygens (including phenoxy) is 3. The van der Waals surface area contributed by atoms with E-state index in [0.29, 0.717) is 11.5 Å². The van der Waals surface area contributed by atoms with Crippen LogP contribution in [0.1, 0.15) is 52.1 Å². The van der Waals surface area contributed by atoms with E-state index in [1.165, 1.54) is 62.6 Å². The number of piperazine rings is 1. The zero-order chi connectivity index (χ0) is 27.5. The van der Waals surface area contributed by atoms with Gasteiger partial charge in [-0.25, -0.2) is 0 Å². The summed E-state index contributed by atoms with van der Waals surface area (Å²) < 4.78 is 16.7. The van der Waals surface area contributed by atoms with Crippen LogP contribution in [0.5, 0.6) is 17.2 Å². The molecule has 0 spiro atoms. The first-order valence-electron chi connectivity index (χ1n) is 14.4. The number of unbranched alkanes of at least 4 members (excludes halogenated alkanes) is 2. The van der Waals surface area contributed by atoms with Crippen molar-refractivity contribution in [2.75, 3.05) is 54.1 Å². The highest BCUT2D eigenvalue weighted by atomic mass is 32.1. The van der Waals surface area contributed by atoms with Gasteiger partial charge in [0.1, 0.15) is 0 Å². The van der Waals surface area contributed by atoms with Crippen LogP contribution in [-0.2, 0) is 25.8 Å². The second kappa shape index (κ2) is 15.3. The van der Waals surface area contributed by atoms with E-state index in [9.17, 15) is 0 Å². The van der Waals surface area contributed by atoms with Gasteiger partial charge in [-0.05, 0) is 75.8 Å². The molecule has 0 aliphatic carbocycles. The molecule has 0 atom stereocenters. The Morgan fingerprint density at radius 2 is 1.31 bits per heavy atom. The van der Waals surface area contributed by atoms with Crippen LogP contribution >= 0.6 is 11.3 Å². The maximum absolute atomic E-state index is 5.68. The Morgan fingerprint density at radius 1 is 0.641 bits per heavy atom. The molecule has 212 valence electrons. The lowest BCUT2D eigenvalue weighted by atomic mass is 10.1. The Kier molecular flexibility index (Phi) is 11.6. The molecular formula is C33H46N2O3S. The number of methoxy groups -OCH3 is 3. The van der Waals surface area contributed by atoms with Crippen molar-refractivity contribution in [1.82, 2.24) is 9.80 Å². The lowest BCUT2D eigenvalue weighted by Gasteiger charge is -2.35. The highest BCUT2D eigenvalue weighted by Crippen LogP contribution is 2.40. The number of rotatable bonds is 15. The molecule has 1 saturated heterocycles. The van der Waals surface area contributed by atoms with E-state index < -0.39 is 0 Å². The van der Waals surface area contributed by atoms with Crippen molar-refractivity contribution in [3.05, 3.63) is 75.0 Å². The van der Waals surface area contributed by atoms with Gasteiger partial charge in [0.15, 0.2) is 11.5 Å². The zero-order valence-corrected chi connectivity index (χ0v) is 25.2. The van der Waals surface area contributed by atoms with Crippen molar-refractivity contribution in [3.63, 3.8) is 0 Å². The Labute approximate surface area is 239 Å². The van der Waals surface area contributed by atoms with Crippen LogP contribution in [0.3, 0.4) is 0 Å². The van der Waals surface area contributed by atoms with Crippen LogP contribution in [0.15, 0.2) is 48.5 Å². The van der Waals surface area contributed by atoms with Crippen molar-refractivity contribution >= 4 is 11.3 Å². The van der Waals surface area contributed by atoms with Crippen LogP contribution < -0.4 is 14.2 Å². The van der Waals surface area contributed by atoms with Crippen molar-refractivity contribution in [3.8, 4) is 17.2 Å². The van der Waals surface area contributed by atoms with E-state index >= 15 is 0 Å². The van der Waals surface area contributed by atoms with Crippen LogP contribution in [0.2, 0.25) is 0 Å². The topological polar surface area (TPSA) is 34.2 Å². The summed E-state index contributed by atoms with van der Waals surface area (Å²) in [6, 6.07) is 17.8. The van der Waals surface area contributed by atoms with Gasteiger partial charge in [0.2, 0.25) is 5.75 Å². The maximum atomic E-state index is 5.68. The molecule has 0 N–H and O–H groups in total. The fraction of sp³-hybridized carbons (Fsp3) is 0.515. The molecule has 3 aromatic rings. The van der Waals surface area contributed by atoms with Crippen molar-refractivity contribution in [2.24, 2.45) is 0 Å². The SMILES string of the molecule is COc1ccc(CN2CCN(CCCCCc3ccc(CCCc4ccc(C)cc4)s3)CC2)c(OC)c1OC. The molecule has 0 saturated carbocycles. The molecule has 0 amide bonds. The van der Waals surface area contributed by atoms with Gasteiger partial charge in [0.05, 0.1) is 21.3 Å². The highest BCUT2D eigenvalue weighted by molar-refractivity contribution is 7.11.